The van der Waals surface area contributed by atoms with E-state index in [0.717, 1.165) is 25.1 Å². The lowest BCUT2D eigenvalue weighted by Crippen LogP contribution is -2.28. The SMILES string of the molecule is CCC1CCN(C(=O)c2ccc(C(C)(C)C)cc2)C1. The quantitative estimate of drug-likeness (QED) is 0.790. The molecule has 1 aliphatic rings. The zero-order chi connectivity index (χ0) is 14.0. The van der Waals surface area contributed by atoms with Crippen molar-refractivity contribution in [1.29, 1.82) is 0 Å². The highest BCUT2D eigenvalue weighted by Crippen LogP contribution is 2.24. The van der Waals surface area contributed by atoms with Crippen LogP contribution in [0.5, 0.6) is 0 Å². The summed E-state index contributed by atoms with van der Waals surface area (Å²) < 4.78 is 0. The van der Waals surface area contributed by atoms with Crippen molar-refractivity contribution < 1.29 is 4.79 Å². The summed E-state index contributed by atoms with van der Waals surface area (Å²) in [7, 11) is 0. The normalized spacial score (nSPS) is 19.8. The molecule has 1 aromatic rings. The maximum Gasteiger partial charge on any atom is 0.253 e. The van der Waals surface area contributed by atoms with Gasteiger partial charge in [0.2, 0.25) is 0 Å². The minimum atomic E-state index is 0.141. The minimum Gasteiger partial charge on any atom is -0.338 e. The molecule has 0 spiro atoms. The van der Waals surface area contributed by atoms with Crippen molar-refractivity contribution in [2.45, 2.75) is 46.0 Å². The van der Waals surface area contributed by atoms with E-state index in [9.17, 15) is 4.79 Å². The molecule has 0 bridgehead atoms. The van der Waals surface area contributed by atoms with Crippen LogP contribution in [0.25, 0.3) is 0 Å². The van der Waals surface area contributed by atoms with E-state index < -0.39 is 0 Å². The van der Waals surface area contributed by atoms with Crippen LogP contribution in [-0.4, -0.2) is 23.9 Å². The van der Waals surface area contributed by atoms with E-state index in [1.807, 2.05) is 17.0 Å². The highest BCUT2D eigenvalue weighted by molar-refractivity contribution is 5.94. The maximum atomic E-state index is 12.4. The van der Waals surface area contributed by atoms with Crippen LogP contribution < -0.4 is 0 Å². The molecule has 104 valence electrons. The topological polar surface area (TPSA) is 20.3 Å². The zero-order valence-corrected chi connectivity index (χ0v) is 12.6. The van der Waals surface area contributed by atoms with Gasteiger partial charge in [-0.05, 0) is 35.4 Å². The first-order chi connectivity index (χ1) is 8.91. The number of nitrogens with zero attached hydrogens (tertiary/aromatic N) is 1. The Morgan fingerprint density at radius 1 is 1.26 bits per heavy atom. The predicted octanol–water partition coefficient (Wildman–Crippen LogP) is 3.86. The zero-order valence-electron chi connectivity index (χ0n) is 12.6. The monoisotopic (exact) mass is 259 g/mol. The van der Waals surface area contributed by atoms with Gasteiger partial charge in [0.1, 0.15) is 0 Å². The first-order valence-electron chi connectivity index (χ1n) is 7.31. The molecule has 1 fully saturated rings. The second kappa shape index (κ2) is 5.36. The second-order valence-electron chi connectivity index (χ2n) is 6.64. The second-order valence-corrected chi connectivity index (χ2v) is 6.64. The molecule has 1 aliphatic heterocycles. The number of hydrogen-bond acceptors (Lipinski definition) is 1. The number of amides is 1. The molecule has 19 heavy (non-hydrogen) atoms. The van der Waals surface area contributed by atoms with E-state index in [-0.39, 0.29) is 11.3 Å². The summed E-state index contributed by atoms with van der Waals surface area (Å²) in [4.78, 5) is 14.4. The fourth-order valence-corrected chi connectivity index (χ4v) is 2.65. The Morgan fingerprint density at radius 2 is 1.89 bits per heavy atom. The summed E-state index contributed by atoms with van der Waals surface area (Å²) in [5, 5.41) is 0. The smallest absolute Gasteiger partial charge is 0.253 e. The fraction of sp³-hybridized carbons (Fsp3) is 0.588. The van der Waals surface area contributed by atoms with Gasteiger partial charge in [0.05, 0.1) is 0 Å². The lowest BCUT2D eigenvalue weighted by atomic mass is 9.86. The maximum absolute atomic E-state index is 12.4. The van der Waals surface area contributed by atoms with Gasteiger partial charge in [0.25, 0.3) is 5.91 Å². The molecule has 0 saturated carbocycles. The largest absolute Gasteiger partial charge is 0.338 e. The van der Waals surface area contributed by atoms with Gasteiger partial charge < -0.3 is 4.90 Å². The lowest BCUT2D eigenvalue weighted by molar-refractivity contribution is 0.0787. The van der Waals surface area contributed by atoms with Crippen molar-refractivity contribution in [3.8, 4) is 0 Å². The summed E-state index contributed by atoms with van der Waals surface area (Å²) in [5.41, 5.74) is 2.24. The highest BCUT2D eigenvalue weighted by atomic mass is 16.2. The average molecular weight is 259 g/mol. The fourth-order valence-electron chi connectivity index (χ4n) is 2.65. The third-order valence-electron chi connectivity index (χ3n) is 4.15. The Bertz CT molecular complexity index is 441. The number of carbonyl (C=O) groups excluding carboxylic acids is 1. The van der Waals surface area contributed by atoms with Crippen LogP contribution in [0, 0.1) is 5.92 Å². The van der Waals surface area contributed by atoms with Crippen LogP contribution in [0.4, 0.5) is 0 Å². The van der Waals surface area contributed by atoms with Crippen molar-refractivity contribution >= 4 is 5.91 Å². The van der Waals surface area contributed by atoms with E-state index in [0.29, 0.717) is 5.92 Å². The number of hydrogen-bond donors (Lipinski definition) is 0. The van der Waals surface area contributed by atoms with Gasteiger partial charge in [-0.2, -0.15) is 0 Å². The van der Waals surface area contributed by atoms with Gasteiger partial charge in [-0.3, -0.25) is 4.79 Å². The standard InChI is InChI=1S/C17H25NO/c1-5-13-10-11-18(12-13)16(19)14-6-8-15(9-7-14)17(2,3)4/h6-9,13H,5,10-12H2,1-4H3. The van der Waals surface area contributed by atoms with Gasteiger partial charge >= 0.3 is 0 Å². The number of likely N-dealkylation sites (tertiary alicyclic amines) is 1. The molecule has 2 nitrogen and oxygen atoms in total. The third-order valence-corrected chi connectivity index (χ3v) is 4.15. The molecule has 1 unspecified atom stereocenters. The Morgan fingerprint density at radius 3 is 2.37 bits per heavy atom. The third kappa shape index (κ3) is 3.17. The van der Waals surface area contributed by atoms with E-state index in [2.05, 4.69) is 39.8 Å². The molecule has 0 aromatic heterocycles. The first kappa shape index (κ1) is 14.1. The van der Waals surface area contributed by atoms with Crippen LogP contribution in [0.3, 0.4) is 0 Å². The van der Waals surface area contributed by atoms with Crippen molar-refractivity contribution in [2.24, 2.45) is 5.92 Å². The van der Waals surface area contributed by atoms with Gasteiger partial charge in [0.15, 0.2) is 0 Å². The summed E-state index contributed by atoms with van der Waals surface area (Å²) in [6.45, 7) is 10.6. The van der Waals surface area contributed by atoms with Crippen molar-refractivity contribution in [2.75, 3.05) is 13.1 Å². The summed E-state index contributed by atoms with van der Waals surface area (Å²) in [5.74, 6) is 0.884. The highest BCUT2D eigenvalue weighted by Gasteiger charge is 2.25. The molecule has 2 heteroatoms. The molecule has 1 aromatic carbocycles. The molecule has 1 saturated heterocycles. The van der Waals surface area contributed by atoms with E-state index in [4.69, 9.17) is 0 Å². The van der Waals surface area contributed by atoms with Gasteiger partial charge in [0, 0.05) is 18.7 Å². The molecule has 1 amide bonds. The van der Waals surface area contributed by atoms with E-state index in [1.54, 1.807) is 0 Å². The summed E-state index contributed by atoms with van der Waals surface area (Å²) >= 11 is 0. The Kier molecular flexibility index (Phi) is 3.98. The molecule has 0 radical (unpaired) electrons. The minimum absolute atomic E-state index is 0.141. The molecule has 0 aliphatic carbocycles. The van der Waals surface area contributed by atoms with Crippen molar-refractivity contribution in [3.63, 3.8) is 0 Å². The molecule has 1 atom stereocenters. The van der Waals surface area contributed by atoms with Crippen LogP contribution in [0.2, 0.25) is 0 Å². The number of rotatable bonds is 2. The summed E-state index contributed by atoms with van der Waals surface area (Å²) in [6.07, 6.45) is 2.33. The van der Waals surface area contributed by atoms with E-state index >= 15 is 0 Å². The molecule has 0 N–H and O–H groups in total. The van der Waals surface area contributed by atoms with E-state index in [1.165, 1.54) is 12.0 Å². The molecular weight excluding hydrogens is 234 g/mol. The number of benzene rings is 1. The predicted molar refractivity (Wildman–Crippen MR) is 79.4 cm³/mol. The molecule has 1 heterocycles. The average Bonchev–Trinajstić information content (AvgIpc) is 2.86. The van der Waals surface area contributed by atoms with Crippen LogP contribution in [0.1, 0.15) is 56.5 Å². The van der Waals surface area contributed by atoms with Crippen LogP contribution >= 0.6 is 0 Å². The van der Waals surface area contributed by atoms with Gasteiger partial charge in [-0.15, -0.1) is 0 Å². The molecule has 2 rings (SSSR count). The summed E-state index contributed by atoms with van der Waals surface area (Å²) in [6, 6.07) is 8.12. The van der Waals surface area contributed by atoms with Gasteiger partial charge in [-0.25, -0.2) is 0 Å². The molecular formula is C17H25NO. The Labute approximate surface area is 116 Å². The number of carbonyl (C=O) groups is 1. The van der Waals surface area contributed by atoms with Gasteiger partial charge in [-0.1, -0.05) is 46.2 Å². The van der Waals surface area contributed by atoms with Crippen molar-refractivity contribution in [1.82, 2.24) is 4.90 Å². The first-order valence-corrected chi connectivity index (χ1v) is 7.31. The van der Waals surface area contributed by atoms with Crippen LogP contribution in [-0.2, 0) is 5.41 Å². The Hall–Kier alpha value is -1.31. The lowest BCUT2D eigenvalue weighted by Gasteiger charge is -2.20. The van der Waals surface area contributed by atoms with Crippen molar-refractivity contribution in [3.05, 3.63) is 35.4 Å². The van der Waals surface area contributed by atoms with Crippen LogP contribution in [0.15, 0.2) is 24.3 Å². The Balaban J connectivity index is 2.08.